The maximum absolute atomic E-state index is 12.6. The monoisotopic (exact) mass is 484 g/mol. The third-order valence-electron chi connectivity index (χ3n) is 5.09. The molecule has 0 aliphatic heterocycles. The van der Waals surface area contributed by atoms with Crippen molar-refractivity contribution >= 4 is 48.9 Å². The van der Waals surface area contributed by atoms with Crippen LogP contribution in [0.15, 0.2) is 30.3 Å². The number of amides is 3. The summed E-state index contributed by atoms with van der Waals surface area (Å²) in [6.45, 7) is 3.73. The smallest absolute Gasteiger partial charge is 0.326 e. The van der Waals surface area contributed by atoms with E-state index >= 15 is 0 Å². The Kier molecular flexibility index (Phi) is 12.2. The number of aliphatic carboxylic acids is 1. The molecule has 0 spiro atoms. The average Bonchev–Trinajstić information content (AvgIpc) is 2.79. The minimum Gasteiger partial charge on any atom is -0.480 e. The second kappa shape index (κ2) is 14.0. The molecule has 1 aromatic carbocycles. The number of rotatable bonds is 13. The van der Waals surface area contributed by atoms with Gasteiger partial charge in [0.15, 0.2) is 0 Å². The van der Waals surface area contributed by atoms with Gasteiger partial charge in [-0.2, -0.15) is 25.3 Å². The van der Waals surface area contributed by atoms with Crippen LogP contribution in [0.4, 0.5) is 0 Å². The third kappa shape index (κ3) is 8.71. The topological polar surface area (TPSA) is 151 Å². The number of nitrogens with two attached hydrogens (primary N) is 1. The van der Waals surface area contributed by atoms with Gasteiger partial charge in [0.2, 0.25) is 17.7 Å². The molecule has 0 aliphatic rings. The minimum atomic E-state index is -1.20. The number of hydrogen-bond donors (Lipinski definition) is 7. The number of carbonyl (C=O) groups excluding carboxylic acids is 3. The molecule has 5 atom stereocenters. The molecule has 0 aromatic heterocycles. The Morgan fingerprint density at radius 2 is 1.38 bits per heavy atom. The zero-order valence-electron chi connectivity index (χ0n) is 18.2. The first-order valence-electron chi connectivity index (χ1n) is 10.3. The van der Waals surface area contributed by atoms with Crippen LogP contribution in [0.2, 0.25) is 0 Å². The number of benzene rings is 1. The number of thiol groups is 2. The summed E-state index contributed by atoms with van der Waals surface area (Å²) >= 11 is 8.19. The van der Waals surface area contributed by atoms with Crippen LogP contribution in [0.5, 0.6) is 0 Å². The van der Waals surface area contributed by atoms with E-state index in [1.54, 1.807) is 30.3 Å². The fourth-order valence-electron chi connectivity index (χ4n) is 2.76. The summed E-state index contributed by atoms with van der Waals surface area (Å²) in [7, 11) is 0. The summed E-state index contributed by atoms with van der Waals surface area (Å²) in [5, 5.41) is 16.9. The summed E-state index contributed by atoms with van der Waals surface area (Å²) in [4.78, 5) is 49.1. The molecule has 0 aliphatic carbocycles. The number of hydrogen-bond acceptors (Lipinski definition) is 7. The molecule has 0 saturated heterocycles. The van der Waals surface area contributed by atoms with Gasteiger partial charge >= 0.3 is 5.97 Å². The van der Waals surface area contributed by atoms with Crippen molar-refractivity contribution in [2.45, 2.75) is 50.9 Å². The predicted octanol–water partition coefficient (Wildman–Crippen LogP) is 0.00110. The molecule has 3 amide bonds. The Hall–Kier alpha value is -2.24. The van der Waals surface area contributed by atoms with Crippen LogP contribution in [0.1, 0.15) is 25.8 Å². The molecule has 0 fully saturated rings. The Morgan fingerprint density at radius 3 is 1.81 bits per heavy atom. The van der Waals surface area contributed by atoms with Crippen molar-refractivity contribution in [3.63, 3.8) is 0 Å². The SMILES string of the molecule is CCC(C)C(N)C(=O)NC(CS)C(=O)NC(CS)C(=O)NC(Cc1ccccc1)C(=O)O. The maximum atomic E-state index is 12.6. The highest BCUT2D eigenvalue weighted by atomic mass is 32.1. The molecule has 32 heavy (non-hydrogen) atoms. The van der Waals surface area contributed by atoms with Crippen LogP contribution in [-0.4, -0.2) is 64.5 Å². The van der Waals surface area contributed by atoms with E-state index in [0.29, 0.717) is 6.42 Å². The van der Waals surface area contributed by atoms with Crippen LogP contribution >= 0.6 is 25.3 Å². The summed E-state index contributed by atoms with van der Waals surface area (Å²) in [5.41, 5.74) is 6.63. The lowest BCUT2D eigenvalue weighted by Crippen LogP contribution is -2.58. The van der Waals surface area contributed by atoms with E-state index < -0.39 is 47.9 Å². The van der Waals surface area contributed by atoms with Crippen molar-refractivity contribution in [2.75, 3.05) is 11.5 Å². The van der Waals surface area contributed by atoms with Crippen molar-refractivity contribution in [3.8, 4) is 0 Å². The predicted molar refractivity (Wildman–Crippen MR) is 129 cm³/mol. The van der Waals surface area contributed by atoms with E-state index in [-0.39, 0.29) is 23.8 Å². The molecule has 0 radical (unpaired) electrons. The number of carboxylic acids is 1. The number of carboxylic acid groups (broad SMARTS) is 1. The molecular weight excluding hydrogens is 452 g/mol. The van der Waals surface area contributed by atoms with Gasteiger partial charge in [-0.15, -0.1) is 0 Å². The van der Waals surface area contributed by atoms with Gasteiger partial charge in [0.1, 0.15) is 18.1 Å². The summed E-state index contributed by atoms with van der Waals surface area (Å²) in [5.74, 6) is -3.20. The second-order valence-corrected chi connectivity index (χ2v) is 8.22. The van der Waals surface area contributed by atoms with Crippen LogP contribution < -0.4 is 21.7 Å². The molecule has 11 heteroatoms. The van der Waals surface area contributed by atoms with Crippen molar-refractivity contribution < 1.29 is 24.3 Å². The maximum Gasteiger partial charge on any atom is 0.326 e. The lowest BCUT2D eigenvalue weighted by Gasteiger charge is -2.24. The molecule has 178 valence electrons. The number of nitrogens with one attached hydrogen (secondary N) is 3. The van der Waals surface area contributed by atoms with Crippen molar-refractivity contribution in [3.05, 3.63) is 35.9 Å². The Bertz CT molecular complexity index is 781. The van der Waals surface area contributed by atoms with Crippen molar-refractivity contribution in [1.82, 2.24) is 16.0 Å². The molecule has 1 rings (SSSR count). The van der Waals surface area contributed by atoms with Gasteiger partial charge in [0.05, 0.1) is 6.04 Å². The lowest BCUT2D eigenvalue weighted by molar-refractivity contribution is -0.142. The summed E-state index contributed by atoms with van der Waals surface area (Å²) in [6.07, 6.45) is 0.778. The van der Waals surface area contributed by atoms with Gasteiger partial charge in [0.25, 0.3) is 0 Å². The Labute approximate surface area is 199 Å². The molecule has 0 saturated carbocycles. The van der Waals surface area contributed by atoms with E-state index in [0.717, 1.165) is 5.56 Å². The van der Waals surface area contributed by atoms with Gasteiger partial charge < -0.3 is 26.8 Å². The highest BCUT2D eigenvalue weighted by molar-refractivity contribution is 7.80. The fourth-order valence-corrected chi connectivity index (χ4v) is 3.28. The quantitative estimate of drug-likeness (QED) is 0.196. The van der Waals surface area contributed by atoms with Crippen LogP contribution in [-0.2, 0) is 25.6 Å². The molecule has 1 aromatic rings. The zero-order valence-corrected chi connectivity index (χ0v) is 19.9. The zero-order chi connectivity index (χ0) is 24.3. The number of carbonyl (C=O) groups is 4. The first-order chi connectivity index (χ1) is 15.1. The molecule has 9 nitrogen and oxygen atoms in total. The Morgan fingerprint density at radius 1 is 0.906 bits per heavy atom. The van der Waals surface area contributed by atoms with Gasteiger partial charge in [-0.1, -0.05) is 50.6 Å². The van der Waals surface area contributed by atoms with Gasteiger partial charge in [-0.25, -0.2) is 4.79 Å². The van der Waals surface area contributed by atoms with Crippen LogP contribution in [0.25, 0.3) is 0 Å². The van der Waals surface area contributed by atoms with E-state index in [4.69, 9.17) is 5.73 Å². The average molecular weight is 485 g/mol. The molecule has 6 N–H and O–H groups in total. The van der Waals surface area contributed by atoms with Gasteiger partial charge in [-0.05, 0) is 11.5 Å². The van der Waals surface area contributed by atoms with Gasteiger partial charge in [0, 0.05) is 17.9 Å². The molecule has 0 heterocycles. The van der Waals surface area contributed by atoms with Crippen LogP contribution in [0, 0.1) is 5.92 Å². The van der Waals surface area contributed by atoms with E-state index in [2.05, 4.69) is 41.2 Å². The first-order valence-corrected chi connectivity index (χ1v) is 11.6. The summed E-state index contributed by atoms with van der Waals surface area (Å²) in [6, 6.07) is 4.76. The molecule has 0 bridgehead atoms. The third-order valence-corrected chi connectivity index (χ3v) is 5.82. The van der Waals surface area contributed by atoms with E-state index in [9.17, 15) is 24.3 Å². The standard InChI is InChI=1S/C21H32N4O5S2/c1-3-12(2)17(22)20(28)25-16(11-32)19(27)24-15(10-31)18(26)23-14(21(29)30)9-13-7-5-4-6-8-13/h4-8,12,14-17,31-32H,3,9-11,22H2,1-2H3,(H,23,26)(H,24,27)(H,25,28)(H,29,30). The first kappa shape index (κ1) is 27.8. The van der Waals surface area contributed by atoms with E-state index in [1.807, 2.05) is 13.8 Å². The van der Waals surface area contributed by atoms with Crippen molar-refractivity contribution in [1.29, 1.82) is 0 Å². The molecule has 5 unspecified atom stereocenters. The van der Waals surface area contributed by atoms with Crippen LogP contribution in [0.3, 0.4) is 0 Å². The fraction of sp³-hybridized carbons (Fsp3) is 0.524. The summed E-state index contributed by atoms with van der Waals surface area (Å²) < 4.78 is 0. The van der Waals surface area contributed by atoms with Crippen molar-refractivity contribution in [2.24, 2.45) is 11.7 Å². The molecular formula is C21H32N4O5S2. The Balaban J connectivity index is 2.77. The largest absolute Gasteiger partial charge is 0.480 e. The van der Waals surface area contributed by atoms with Gasteiger partial charge in [-0.3, -0.25) is 14.4 Å². The minimum absolute atomic E-state index is 0.0164. The highest BCUT2D eigenvalue weighted by Crippen LogP contribution is 2.07. The highest BCUT2D eigenvalue weighted by Gasteiger charge is 2.30. The normalized spacial score (nSPS) is 15.5. The lowest BCUT2D eigenvalue weighted by atomic mass is 9.99. The van der Waals surface area contributed by atoms with E-state index in [1.165, 1.54) is 0 Å². The second-order valence-electron chi connectivity index (χ2n) is 7.49.